The number of nitrogens with zero attached hydrogens (tertiary/aromatic N) is 1. The van der Waals surface area contributed by atoms with Gasteiger partial charge in [0, 0.05) is 6.54 Å². The molecule has 26 heavy (non-hydrogen) atoms. The molecule has 0 spiro atoms. The van der Waals surface area contributed by atoms with E-state index in [1.165, 1.54) is 16.7 Å². The highest BCUT2D eigenvalue weighted by Crippen LogP contribution is 2.35. The van der Waals surface area contributed by atoms with Gasteiger partial charge in [0.1, 0.15) is 6.04 Å². The van der Waals surface area contributed by atoms with Crippen molar-refractivity contribution in [1.29, 1.82) is 0 Å². The summed E-state index contributed by atoms with van der Waals surface area (Å²) in [4.78, 5) is 4.94. The fourth-order valence-electron chi connectivity index (χ4n) is 3.39. The number of hydrogen-bond donors (Lipinski definition) is 2. The lowest BCUT2D eigenvalue weighted by molar-refractivity contribution is 0.570. The summed E-state index contributed by atoms with van der Waals surface area (Å²) in [7, 11) is 0. The van der Waals surface area contributed by atoms with Gasteiger partial charge in [-0.1, -0.05) is 91.0 Å². The van der Waals surface area contributed by atoms with Gasteiger partial charge in [-0.05, 0) is 23.1 Å². The zero-order chi connectivity index (χ0) is 17.6. The van der Waals surface area contributed by atoms with Crippen molar-refractivity contribution in [2.24, 2.45) is 4.99 Å². The zero-order valence-electron chi connectivity index (χ0n) is 14.7. The van der Waals surface area contributed by atoms with Crippen LogP contribution in [0.2, 0.25) is 0 Å². The number of nitrogens with one attached hydrogen (secondary N) is 2. The maximum absolute atomic E-state index is 4.94. The van der Waals surface area contributed by atoms with Gasteiger partial charge in [0.05, 0.1) is 6.04 Å². The Morgan fingerprint density at radius 2 is 1.31 bits per heavy atom. The van der Waals surface area contributed by atoms with Gasteiger partial charge < -0.3 is 10.6 Å². The van der Waals surface area contributed by atoms with Crippen LogP contribution in [0.3, 0.4) is 0 Å². The Kier molecular flexibility index (Phi) is 4.97. The Bertz CT molecular complexity index is 844. The highest BCUT2D eigenvalue weighted by Gasteiger charge is 2.30. The van der Waals surface area contributed by atoms with E-state index in [1.807, 2.05) is 6.07 Å². The van der Waals surface area contributed by atoms with Gasteiger partial charge in [-0.15, -0.1) is 0 Å². The third kappa shape index (κ3) is 3.77. The lowest BCUT2D eigenvalue weighted by Gasteiger charge is -2.19. The van der Waals surface area contributed by atoms with Crippen molar-refractivity contribution in [2.45, 2.75) is 18.5 Å². The summed E-state index contributed by atoms with van der Waals surface area (Å²) >= 11 is 0. The predicted molar refractivity (Wildman–Crippen MR) is 107 cm³/mol. The smallest absolute Gasteiger partial charge is 0.192 e. The highest BCUT2D eigenvalue weighted by molar-refractivity contribution is 5.82. The second-order valence-corrected chi connectivity index (χ2v) is 6.53. The molecule has 0 fully saturated rings. The molecule has 1 aliphatic heterocycles. The topological polar surface area (TPSA) is 36.4 Å². The molecule has 3 aromatic carbocycles. The molecule has 2 atom stereocenters. The maximum Gasteiger partial charge on any atom is 0.192 e. The summed E-state index contributed by atoms with van der Waals surface area (Å²) < 4.78 is 0. The molecule has 0 bridgehead atoms. The molecule has 0 amide bonds. The normalized spacial score (nSPS) is 18.8. The molecule has 1 aliphatic rings. The average Bonchev–Trinajstić information content (AvgIpc) is 3.14. The van der Waals surface area contributed by atoms with Gasteiger partial charge in [-0.2, -0.15) is 0 Å². The summed E-state index contributed by atoms with van der Waals surface area (Å²) in [6.45, 7) is 0.860. The van der Waals surface area contributed by atoms with E-state index in [9.17, 15) is 0 Å². The summed E-state index contributed by atoms with van der Waals surface area (Å²) in [6.07, 6.45) is 0.980. The van der Waals surface area contributed by atoms with E-state index in [2.05, 4.69) is 95.6 Å². The van der Waals surface area contributed by atoms with Crippen LogP contribution in [0, 0.1) is 0 Å². The summed E-state index contributed by atoms with van der Waals surface area (Å²) in [6, 6.07) is 31.8. The Hall–Kier alpha value is -3.07. The zero-order valence-corrected chi connectivity index (χ0v) is 14.7. The average molecular weight is 341 g/mol. The molecule has 4 rings (SSSR count). The van der Waals surface area contributed by atoms with Crippen LogP contribution in [-0.4, -0.2) is 12.5 Å². The van der Waals surface area contributed by atoms with Gasteiger partial charge in [0.2, 0.25) is 0 Å². The fraction of sp³-hybridized carbons (Fsp3) is 0.174. The lowest BCUT2D eigenvalue weighted by Crippen LogP contribution is -2.36. The van der Waals surface area contributed by atoms with Crippen molar-refractivity contribution >= 4 is 5.96 Å². The third-order valence-corrected chi connectivity index (χ3v) is 4.72. The van der Waals surface area contributed by atoms with Gasteiger partial charge in [-0.25, -0.2) is 4.99 Å². The van der Waals surface area contributed by atoms with Crippen LogP contribution in [0.15, 0.2) is 96.0 Å². The van der Waals surface area contributed by atoms with Crippen LogP contribution in [-0.2, 0) is 6.42 Å². The van der Waals surface area contributed by atoms with E-state index >= 15 is 0 Å². The molecule has 0 saturated carbocycles. The Morgan fingerprint density at radius 1 is 0.731 bits per heavy atom. The Labute approximate surface area is 154 Å². The van der Waals surface area contributed by atoms with Crippen molar-refractivity contribution in [3.63, 3.8) is 0 Å². The van der Waals surface area contributed by atoms with Crippen LogP contribution in [0.1, 0.15) is 28.8 Å². The molecule has 3 aromatic rings. The van der Waals surface area contributed by atoms with Crippen LogP contribution in [0.4, 0.5) is 0 Å². The first kappa shape index (κ1) is 16.4. The van der Waals surface area contributed by atoms with Crippen LogP contribution in [0.25, 0.3) is 0 Å². The van der Waals surface area contributed by atoms with Crippen molar-refractivity contribution in [1.82, 2.24) is 10.6 Å². The van der Waals surface area contributed by atoms with Gasteiger partial charge in [0.25, 0.3) is 0 Å². The lowest BCUT2D eigenvalue weighted by atomic mass is 9.95. The van der Waals surface area contributed by atoms with E-state index in [-0.39, 0.29) is 12.1 Å². The number of rotatable bonds is 5. The van der Waals surface area contributed by atoms with Crippen molar-refractivity contribution < 1.29 is 0 Å². The van der Waals surface area contributed by atoms with Crippen LogP contribution in [0.5, 0.6) is 0 Å². The molecular formula is C23H23N3. The first-order valence-electron chi connectivity index (χ1n) is 9.12. The number of aliphatic imine (C=N–C) groups is 1. The minimum absolute atomic E-state index is 0.0813. The van der Waals surface area contributed by atoms with E-state index in [0.717, 1.165) is 18.9 Å². The van der Waals surface area contributed by atoms with Gasteiger partial charge >= 0.3 is 0 Å². The van der Waals surface area contributed by atoms with Gasteiger partial charge in [-0.3, -0.25) is 0 Å². The molecular weight excluding hydrogens is 318 g/mol. The molecule has 0 aromatic heterocycles. The Morgan fingerprint density at radius 3 is 1.96 bits per heavy atom. The van der Waals surface area contributed by atoms with Crippen molar-refractivity contribution in [3.8, 4) is 0 Å². The highest BCUT2D eigenvalue weighted by atomic mass is 15.3. The SMILES string of the molecule is c1ccc(CCNC2=N[C@H](c3ccccc3)[C@H](c3ccccc3)N2)cc1. The number of benzene rings is 3. The Balaban J connectivity index is 1.49. The van der Waals surface area contributed by atoms with E-state index < -0.39 is 0 Å². The molecule has 3 heteroatoms. The minimum atomic E-state index is 0.0813. The monoisotopic (exact) mass is 341 g/mol. The first-order valence-corrected chi connectivity index (χ1v) is 9.12. The van der Waals surface area contributed by atoms with Crippen molar-refractivity contribution in [3.05, 3.63) is 108 Å². The van der Waals surface area contributed by atoms with E-state index in [0.29, 0.717) is 0 Å². The number of guanidine groups is 1. The van der Waals surface area contributed by atoms with Crippen molar-refractivity contribution in [2.75, 3.05) is 6.54 Å². The molecule has 2 N–H and O–H groups in total. The molecule has 3 nitrogen and oxygen atoms in total. The van der Waals surface area contributed by atoms with Crippen LogP contribution >= 0.6 is 0 Å². The minimum Gasteiger partial charge on any atom is -0.356 e. The predicted octanol–water partition coefficient (Wildman–Crippen LogP) is 4.26. The van der Waals surface area contributed by atoms with Gasteiger partial charge in [0.15, 0.2) is 5.96 Å². The summed E-state index contributed by atoms with van der Waals surface area (Å²) in [5.74, 6) is 0.878. The second-order valence-electron chi connectivity index (χ2n) is 6.53. The van der Waals surface area contributed by atoms with E-state index in [4.69, 9.17) is 4.99 Å². The molecule has 1 heterocycles. The maximum atomic E-state index is 4.94. The molecule has 0 aliphatic carbocycles. The standard InChI is InChI=1S/C23H23N3/c1-4-10-18(11-5-1)16-17-24-23-25-21(19-12-6-2-7-13-19)22(26-23)20-14-8-3-9-15-20/h1-15,21-22H,16-17H2,(H2,24,25,26)/t21-,22+. The first-order chi connectivity index (χ1) is 12.9. The largest absolute Gasteiger partial charge is 0.356 e. The third-order valence-electron chi connectivity index (χ3n) is 4.72. The fourth-order valence-corrected chi connectivity index (χ4v) is 3.39. The second kappa shape index (κ2) is 7.87. The quantitative estimate of drug-likeness (QED) is 0.727. The summed E-state index contributed by atoms with van der Waals surface area (Å²) in [5.41, 5.74) is 3.82. The molecule has 0 radical (unpaired) electrons. The summed E-state index contributed by atoms with van der Waals surface area (Å²) in [5, 5.41) is 7.05. The molecule has 0 saturated heterocycles. The van der Waals surface area contributed by atoms with E-state index in [1.54, 1.807) is 0 Å². The molecule has 0 unspecified atom stereocenters. The number of hydrogen-bond acceptors (Lipinski definition) is 3. The molecule has 130 valence electrons. The van der Waals surface area contributed by atoms with Crippen LogP contribution < -0.4 is 10.6 Å².